The van der Waals surface area contributed by atoms with E-state index in [1.54, 1.807) is 13.8 Å². The fourth-order valence-corrected chi connectivity index (χ4v) is 0.949. The van der Waals surface area contributed by atoms with Crippen molar-refractivity contribution >= 4 is 5.97 Å². The highest BCUT2D eigenvalue weighted by molar-refractivity contribution is 5.87. The van der Waals surface area contributed by atoms with Gasteiger partial charge in [0.15, 0.2) is 11.5 Å². The fraction of sp³-hybridized carbons (Fsp3) is 0.556. The largest absolute Gasteiger partial charge is 0.461 e. The molecular formula is C9H13NO4. The molecule has 0 saturated carbocycles. The zero-order chi connectivity index (χ0) is 10.6. The van der Waals surface area contributed by atoms with Crippen molar-refractivity contribution in [3.8, 4) is 0 Å². The monoisotopic (exact) mass is 199 g/mol. The standard InChI is InChI=1S/C9H13NO4/c1-3-7(11)8-5-6(10-14-8)9(12)13-4-2/h5,7,11H,3-4H2,1-2H3. The molecule has 0 aliphatic carbocycles. The zero-order valence-corrected chi connectivity index (χ0v) is 8.19. The average Bonchev–Trinajstić information content (AvgIpc) is 2.66. The van der Waals surface area contributed by atoms with Crippen LogP contribution in [0.4, 0.5) is 0 Å². The number of nitrogens with zero attached hydrogens (tertiary/aromatic N) is 1. The molecule has 1 aromatic rings. The van der Waals surface area contributed by atoms with E-state index in [0.29, 0.717) is 6.42 Å². The van der Waals surface area contributed by atoms with Crippen LogP contribution in [0, 0.1) is 0 Å². The van der Waals surface area contributed by atoms with E-state index in [2.05, 4.69) is 5.16 Å². The Labute approximate surface area is 81.7 Å². The third-order valence-corrected chi connectivity index (χ3v) is 1.73. The Hall–Kier alpha value is -1.36. The molecule has 0 bridgehead atoms. The van der Waals surface area contributed by atoms with Crippen LogP contribution in [0.1, 0.15) is 42.6 Å². The summed E-state index contributed by atoms with van der Waals surface area (Å²) >= 11 is 0. The molecule has 0 aliphatic heterocycles. The number of rotatable bonds is 4. The molecule has 0 saturated heterocycles. The van der Waals surface area contributed by atoms with E-state index in [4.69, 9.17) is 9.26 Å². The van der Waals surface area contributed by atoms with Gasteiger partial charge in [0.05, 0.1) is 6.61 Å². The lowest BCUT2D eigenvalue weighted by molar-refractivity contribution is 0.0513. The SMILES string of the molecule is CCOC(=O)c1cc(C(O)CC)on1. The Morgan fingerprint density at radius 3 is 3.00 bits per heavy atom. The number of hydrogen-bond donors (Lipinski definition) is 1. The zero-order valence-electron chi connectivity index (χ0n) is 8.19. The second-order valence-corrected chi connectivity index (χ2v) is 2.76. The van der Waals surface area contributed by atoms with Crippen LogP contribution in [0.15, 0.2) is 10.6 Å². The summed E-state index contributed by atoms with van der Waals surface area (Å²) in [6.07, 6.45) is -0.206. The molecule has 1 unspecified atom stereocenters. The molecule has 5 nitrogen and oxygen atoms in total. The van der Waals surface area contributed by atoms with Gasteiger partial charge in [-0.25, -0.2) is 4.79 Å². The van der Waals surface area contributed by atoms with Gasteiger partial charge in [0.25, 0.3) is 0 Å². The van der Waals surface area contributed by atoms with Gasteiger partial charge in [-0.05, 0) is 13.3 Å². The second kappa shape index (κ2) is 4.76. The molecule has 0 amide bonds. The van der Waals surface area contributed by atoms with E-state index in [9.17, 15) is 9.90 Å². The summed E-state index contributed by atoms with van der Waals surface area (Å²) in [4.78, 5) is 11.1. The first-order valence-corrected chi connectivity index (χ1v) is 4.50. The lowest BCUT2D eigenvalue weighted by atomic mass is 10.2. The van der Waals surface area contributed by atoms with Crippen molar-refractivity contribution in [2.45, 2.75) is 26.4 Å². The molecular weight excluding hydrogens is 186 g/mol. The van der Waals surface area contributed by atoms with E-state index >= 15 is 0 Å². The molecule has 1 N–H and O–H groups in total. The van der Waals surface area contributed by atoms with Gasteiger partial charge in [-0.1, -0.05) is 12.1 Å². The second-order valence-electron chi connectivity index (χ2n) is 2.76. The Balaban J connectivity index is 2.72. The molecule has 14 heavy (non-hydrogen) atoms. The van der Waals surface area contributed by atoms with E-state index in [1.165, 1.54) is 6.07 Å². The maximum Gasteiger partial charge on any atom is 0.360 e. The minimum absolute atomic E-state index is 0.0920. The first kappa shape index (κ1) is 10.7. The van der Waals surface area contributed by atoms with Gasteiger partial charge in [0, 0.05) is 6.07 Å². The maximum atomic E-state index is 11.1. The van der Waals surface area contributed by atoms with Crippen molar-refractivity contribution in [2.24, 2.45) is 0 Å². The normalized spacial score (nSPS) is 12.5. The van der Waals surface area contributed by atoms with Gasteiger partial charge >= 0.3 is 5.97 Å². The van der Waals surface area contributed by atoms with Crippen molar-refractivity contribution in [1.29, 1.82) is 0 Å². The molecule has 1 heterocycles. The maximum absolute atomic E-state index is 11.1. The van der Waals surface area contributed by atoms with Gasteiger partial charge in [0.1, 0.15) is 6.10 Å². The summed E-state index contributed by atoms with van der Waals surface area (Å²) in [5.74, 6) is -0.249. The molecule has 0 aromatic carbocycles. The van der Waals surface area contributed by atoms with Crippen molar-refractivity contribution < 1.29 is 19.2 Å². The van der Waals surface area contributed by atoms with Crippen molar-refractivity contribution in [3.63, 3.8) is 0 Å². The van der Waals surface area contributed by atoms with Crippen LogP contribution in [0.2, 0.25) is 0 Å². The summed E-state index contributed by atoms with van der Waals surface area (Å²) < 4.78 is 9.50. The third kappa shape index (κ3) is 2.32. The Kier molecular flexibility index (Phi) is 3.64. The number of aromatic nitrogens is 1. The van der Waals surface area contributed by atoms with Gasteiger partial charge in [0.2, 0.25) is 0 Å². The average molecular weight is 199 g/mol. The predicted octanol–water partition coefficient (Wildman–Crippen LogP) is 1.29. The number of carbonyl (C=O) groups is 1. The van der Waals surface area contributed by atoms with Gasteiger partial charge in [-0.2, -0.15) is 0 Å². The summed E-state index contributed by atoms with van der Waals surface area (Å²) in [6, 6.07) is 1.40. The van der Waals surface area contributed by atoms with E-state index in [-0.39, 0.29) is 18.1 Å². The molecule has 1 rings (SSSR count). The van der Waals surface area contributed by atoms with Crippen molar-refractivity contribution in [2.75, 3.05) is 6.61 Å². The van der Waals surface area contributed by atoms with E-state index in [1.807, 2.05) is 0 Å². The molecule has 0 aliphatic rings. The lowest BCUT2D eigenvalue weighted by Crippen LogP contribution is -2.04. The van der Waals surface area contributed by atoms with Gasteiger partial charge in [-0.15, -0.1) is 0 Å². The minimum Gasteiger partial charge on any atom is -0.461 e. The van der Waals surface area contributed by atoms with Crippen molar-refractivity contribution in [1.82, 2.24) is 5.16 Å². The molecule has 78 valence electrons. The highest BCUT2D eigenvalue weighted by Crippen LogP contribution is 2.17. The topological polar surface area (TPSA) is 72.6 Å². The van der Waals surface area contributed by atoms with Crippen LogP contribution < -0.4 is 0 Å². The van der Waals surface area contributed by atoms with Crippen molar-refractivity contribution in [3.05, 3.63) is 17.5 Å². The smallest absolute Gasteiger partial charge is 0.360 e. The Morgan fingerprint density at radius 2 is 2.43 bits per heavy atom. The molecule has 1 atom stereocenters. The van der Waals surface area contributed by atoms with Crippen LogP contribution in [0.5, 0.6) is 0 Å². The fourth-order valence-electron chi connectivity index (χ4n) is 0.949. The van der Waals surface area contributed by atoms with E-state index in [0.717, 1.165) is 0 Å². The van der Waals surface area contributed by atoms with Crippen LogP contribution in [0.25, 0.3) is 0 Å². The van der Waals surface area contributed by atoms with Gasteiger partial charge in [-0.3, -0.25) is 0 Å². The highest BCUT2D eigenvalue weighted by atomic mass is 16.5. The number of aliphatic hydroxyl groups is 1. The minimum atomic E-state index is -0.717. The van der Waals surface area contributed by atoms with E-state index < -0.39 is 12.1 Å². The predicted molar refractivity (Wildman–Crippen MR) is 47.7 cm³/mol. The quantitative estimate of drug-likeness (QED) is 0.740. The van der Waals surface area contributed by atoms with Crippen LogP contribution in [-0.2, 0) is 4.74 Å². The molecule has 1 aromatic heterocycles. The molecule has 5 heteroatoms. The number of carbonyl (C=O) groups excluding carboxylic acids is 1. The first-order chi connectivity index (χ1) is 6.69. The Morgan fingerprint density at radius 1 is 1.71 bits per heavy atom. The third-order valence-electron chi connectivity index (χ3n) is 1.73. The van der Waals surface area contributed by atoms with Crippen LogP contribution >= 0.6 is 0 Å². The summed E-state index contributed by atoms with van der Waals surface area (Å²) in [7, 11) is 0. The van der Waals surface area contributed by atoms with Crippen LogP contribution in [-0.4, -0.2) is 22.8 Å². The lowest BCUT2D eigenvalue weighted by Gasteiger charge is -1.99. The molecule has 0 radical (unpaired) electrons. The number of hydrogen-bond acceptors (Lipinski definition) is 5. The summed E-state index contributed by atoms with van der Waals surface area (Å²) in [5, 5.41) is 12.9. The molecule has 0 fully saturated rings. The highest BCUT2D eigenvalue weighted by Gasteiger charge is 2.17. The van der Waals surface area contributed by atoms with Gasteiger partial charge < -0.3 is 14.4 Å². The Bertz CT molecular complexity index is 308. The number of aliphatic hydroxyl groups excluding tert-OH is 1. The number of esters is 1. The summed E-state index contributed by atoms with van der Waals surface area (Å²) in [5.41, 5.74) is 0.0920. The first-order valence-electron chi connectivity index (χ1n) is 4.50. The summed E-state index contributed by atoms with van der Waals surface area (Å²) in [6.45, 7) is 3.80. The molecule has 0 spiro atoms. The van der Waals surface area contributed by atoms with Crippen LogP contribution in [0.3, 0.4) is 0 Å². The number of ether oxygens (including phenoxy) is 1.